The highest BCUT2D eigenvalue weighted by atomic mass is 35.5. The van der Waals surface area contributed by atoms with E-state index < -0.39 is 0 Å². The third-order valence-electron chi connectivity index (χ3n) is 3.00. The van der Waals surface area contributed by atoms with Crippen LogP contribution in [0.1, 0.15) is 34.8 Å². The second-order valence-corrected chi connectivity index (χ2v) is 6.23. The molecule has 0 spiro atoms. The van der Waals surface area contributed by atoms with E-state index in [1.54, 1.807) is 11.3 Å². The SMILES string of the molecule is CCNC(Cc1csc(C)n1)c1cc(C)cc(Cl)c1. The standard InChI is InChI=1S/C15H19ClN2S/c1-4-17-15(8-14-9-19-11(3)18-14)12-5-10(2)6-13(16)7-12/h5-7,9,15,17H,4,8H2,1-3H3. The molecule has 0 amide bonds. The van der Waals surface area contributed by atoms with Crippen LogP contribution < -0.4 is 5.32 Å². The summed E-state index contributed by atoms with van der Waals surface area (Å²) in [5.41, 5.74) is 3.57. The molecule has 1 N–H and O–H groups in total. The second-order valence-electron chi connectivity index (χ2n) is 4.73. The van der Waals surface area contributed by atoms with Gasteiger partial charge in [0.15, 0.2) is 0 Å². The number of hydrogen-bond acceptors (Lipinski definition) is 3. The van der Waals surface area contributed by atoms with Crippen LogP contribution in [0.2, 0.25) is 5.02 Å². The lowest BCUT2D eigenvalue weighted by molar-refractivity contribution is 0.544. The molecule has 0 saturated heterocycles. The van der Waals surface area contributed by atoms with Gasteiger partial charge in [-0.15, -0.1) is 11.3 Å². The van der Waals surface area contributed by atoms with Crippen molar-refractivity contribution >= 4 is 22.9 Å². The lowest BCUT2D eigenvalue weighted by Gasteiger charge is -2.18. The van der Waals surface area contributed by atoms with Gasteiger partial charge in [-0.3, -0.25) is 0 Å². The first-order valence-corrected chi connectivity index (χ1v) is 7.75. The van der Waals surface area contributed by atoms with E-state index in [2.05, 4.69) is 35.6 Å². The predicted molar refractivity (Wildman–Crippen MR) is 83.2 cm³/mol. The van der Waals surface area contributed by atoms with Gasteiger partial charge >= 0.3 is 0 Å². The molecular weight excluding hydrogens is 276 g/mol. The van der Waals surface area contributed by atoms with Crippen LogP contribution in [-0.2, 0) is 6.42 Å². The molecule has 2 nitrogen and oxygen atoms in total. The summed E-state index contributed by atoms with van der Waals surface area (Å²) in [6.45, 7) is 7.17. The van der Waals surface area contributed by atoms with E-state index in [0.29, 0.717) is 0 Å². The quantitative estimate of drug-likeness (QED) is 0.889. The molecule has 102 valence electrons. The minimum Gasteiger partial charge on any atom is -0.310 e. The van der Waals surface area contributed by atoms with Crippen LogP contribution in [0, 0.1) is 13.8 Å². The van der Waals surface area contributed by atoms with Crippen molar-refractivity contribution in [3.05, 3.63) is 50.4 Å². The highest BCUT2D eigenvalue weighted by Gasteiger charge is 2.13. The fraction of sp³-hybridized carbons (Fsp3) is 0.400. The summed E-state index contributed by atoms with van der Waals surface area (Å²) in [4.78, 5) is 4.55. The zero-order valence-corrected chi connectivity index (χ0v) is 13.1. The van der Waals surface area contributed by atoms with Crippen molar-refractivity contribution in [3.63, 3.8) is 0 Å². The Bertz CT molecular complexity index is 531. The number of rotatable bonds is 5. The van der Waals surface area contributed by atoms with Gasteiger partial charge in [0.2, 0.25) is 0 Å². The maximum atomic E-state index is 6.16. The van der Waals surface area contributed by atoms with Gasteiger partial charge in [-0.25, -0.2) is 4.98 Å². The molecule has 0 fully saturated rings. The number of aryl methyl sites for hydroxylation is 2. The predicted octanol–water partition coefficient (Wildman–Crippen LogP) is 4.31. The normalized spacial score (nSPS) is 12.6. The van der Waals surface area contributed by atoms with Crippen LogP contribution in [0.4, 0.5) is 0 Å². The van der Waals surface area contributed by atoms with Gasteiger partial charge in [-0.05, 0) is 43.7 Å². The molecule has 0 saturated carbocycles. The van der Waals surface area contributed by atoms with Crippen LogP contribution >= 0.6 is 22.9 Å². The van der Waals surface area contributed by atoms with E-state index in [4.69, 9.17) is 11.6 Å². The van der Waals surface area contributed by atoms with E-state index in [0.717, 1.165) is 28.7 Å². The Morgan fingerprint density at radius 2 is 2.11 bits per heavy atom. The van der Waals surface area contributed by atoms with E-state index in [9.17, 15) is 0 Å². The van der Waals surface area contributed by atoms with Crippen LogP contribution in [0.5, 0.6) is 0 Å². The van der Waals surface area contributed by atoms with Crippen LogP contribution in [0.3, 0.4) is 0 Å². The lowest BCUT2D eigenvalue weighted by Crippen LogP contribution is -2.23. The van der Waals surface area contributed by atoms with Crippen molar-refractivity contribution in [2.24, 2.45) is 0 Å². The summed E-state index contributed by atoms with van der Waals surface area (Å²) in [6.07, 6.45) is 0.901. The summed E-state index contributed by atoms with van der Waals surface area (Å²) < 4.78 is 0. The number of thiazole rings is 1. The van der Waals surface area contributed by atoms with Gasteiger partial charge < -0.3 is 5.32 Å². The molecule has 19 heavy (non-hydrogen) atoms. The molecule has 1 aromatic carbocycles. The average Bonchev–Trinajstić information content (AvgIpc) is 2.73. The molecule has 0 aliphatic heterocycles. The Kier molecular flexibility index (Phi) is 4.97. The van der Waals surface area contributed by atoms with Crippen molar-refractivity contribution in [1.29, 1.82) is 0 Å². The Morgan fingerprint density at radius 3 is 2.68 bits per heavy atom. The van der Waals surface area contributed by atoms with E-state index >= 15 is 0 Å². The van der Waals surface area contributed by atoms with E-state index in [-0.39, 0.29) is 6.04 Å². The van der Waals surface area contributed by atoms with Crippen LogP contribution in [-0.4, -0.2) is 11.5 Å². The van der Waals surface area contributed by atoms with Gasteiger partial charge in [0.05, 0.1) is 10.7 Å². The highest BCUT2D eigenvalue weighted by molar-refractivity contribution is 7.09. The van der Waals surface area contributed by atoms with Crippen LogP contribution in [0.15, 0.2) is 23.6 Å². The van der Waals surface area contributed by atoms with Gasteiger partial charge in [0.25, 0.3) is 0 Å². The molecular formula is C15H19ClN2S. The number of nitrogens with one attached hydrogen (secondary N) is 1. The van der Waals surface area contributed by atoms with E-state index in [1.807, 2.05) is 19.1 Å². The smallest absolute Gasteiger partial charge is 0.0897 e. The van der Waals surface area contributed by atoms with Gasteiger partial charge in [-0.2, -0.15) is 0 Å². The number of halogens is 1. The first kappa shape index (κ1) is 14.5. The summed E-state index contributed by atoms with van der Waals surface area (Å²) >= 11 is 7.86. The molecule has 0 aliphatic carbocycles. The van der Waals surface area contributed by atoms with Gasteiger partial charge in [0, 0.05) is 22.9 Å². The molecule has 0 radical (unpaired) electrons. The van der Waals surface area contributed by atoms with Crippen molar-refractivity contribution in [2.75, 3.05) is 6.54 Å². The number of hydrogen-bond donors (Lipinski definition) is 1. The Hall–Kier alpha value is -0.900. The van der Waals surface area contributed by atoms with E-state index in [1.165, 1.54) is 11.1 Å². The molecule has 0 bridgehead atoms. The Balaban J connectivity index is 2.23. The number of benzene rings is 1. The minimum atomic E-state index is 0.267. The second kappa shape index (κ2) is 6.51. The molecule has 0 aliphatic rings. The molecule has 4 heteroatoms. The van der Waals surface area contributed by atoms with Crippen molar-refractivity contribution in [3.8, 4) is 0 Å². The van der Waals surface area contributed by atoms with Gasteiger partial charge in [-0.1, -0.05) is 24.6 Å². The molecule has 1 unspecified atom stereocenters. The summed E-state index contributed by atoms with van der Waals surface area (Å²) in [5.74, 6) is 0. The number of likely N-dealkylation sites (N-methyl/N-ethyl adjacent to an activating group) is 1. The average molecular weight is 295 g/mol. The molecule has 2 aromatic rings. The molecule has 1 atom stereocenters. The lowest BCUT2D eigenvalue weighted by atomic mass is 10.0. The molecule has 1 aromatic heterocycles. The molecule has 2 rings (SSSR count). The third kappa shape index (κ3) is 4.03. The fourth-order valence-electron chi connectivity index (χ4n) is 2.23. The number of nitrogens with zero attached hydrogens (tertiary/aromatic N) is 1. The first-order chi connectivity index (χ1) is 9.08. The topological polar surface area (TPSA) is 24.9 Å². The summed E-state index contributed by atoms with van der Waals surface area (Å²) in [6, 6.07) is 6.49. The maximum absolute atomic E-state index is 6.16. The van der Waals surface area contributed by atoms with Crippen molar-refractivity contribution in [1.82, 2.24) is 10.3 Å². The summed E-state index contributed by atoms with van der Waals surface area (Å²) in [5, 5.41) is 7.57. The Morgan fingerprint density at radius 1 is 1.32 bits per heavy atom. The first-order valence-electron chi connectivity index (χ1n) is 6.50. The largest absolute Gasteiger partial charge is 0.310 e. The maximum Gasteiger partial charge on any atom is 0.0897 e. The monoisotopic (exact) mass is 294 g/mol. The van der Waals surface area contributed by atoms with Crippen LogP contribution in [0.25, 0.3) is 0 Å². The fourth-order valence-corrected chi connectivity index (χ4v) is 3.15. The zero-order valence-electron chi connectivity index (χ0n) is 11.5. The van der Waals surface area contributed by atoms with Gasteiger partial charge in [0.1, 0.15) is 0 Å². The van der Waals surface area contributed by atoms with Crippen molar-refractivity contribution in [2.45, 2.75) is 33.2 Å². The number of aromatic nitrogens is 1. The van der Waals surface area contributed by atoms with Crippen molar-refractivity contribution < 1.29 is 0 Å². The highest BCUT2D eigenvalue weighted by Crippen LogP contribution is 2.24. The zero-order chi connectivity index (χ0) is 13.8. The summed E-state index contributed by atoms with van der Waals surface area (Å²) in [7, 11) is 0. The third-order valence-corrected chi connectivity index (χ3v) is 4.04. The Labute approximate surface area is 123 Å². The molecule has 1 heterocycles. The minimum absolute atomic E-state index is 0.267.